The van der Waals surface area contributed by atoms with Crippen molar-refractivity contribution in [3.8, 4) is 0 Å². The largest absolute Gasteiger partial charge is 0.321 e. The predicted molar refractivity (Wildman–Crippen MR) is 147 cm³/mol. The zero-order valence-electron chi connectivity index (χ0n) is 19.1. The second-order valence-corrected chi connectivity index (χ2v) is 9.76. The summed E-state index contributed by atoms with van der Waals surface area (Å²) in [6, 6.07) is 30.1. The van der Waals surface area contributed by atoms with Crippen LogP contribution in [0.25, 0.3) is 6.08 Å². The molecule has 4 nitrogen and oxygen atoms in total. The van der Waals surface area contributed by atoms with E-state index >= 15 is 0 Å². The number of halogens is 2. The van der Waals surface area contributed by atoms with E-state index < -0.39 is 5.91 Å². The summed E-state index contributed by atoms with van der Waals surface area (Å²) in [6.45, 7) is 0. The molecule has 0 fully saturated rings. The fourth-order valence-electron chi connectivity index (χ4n) is 3.34. The highest BCUT2D eigenvalue weighted by Crippen LogP contribution is 2.26. The molecule has 0 unspecified atom stereocenters. The van der Waals surface area contributed by atoms with Crippen molar-refractivity contribution in [2.24, 2.45) is 0 Å². The minimum atomic E-state index is -0.462. The maximum atomic E-state index is 13.9. The van der Waals surface area contributed by atoms with E-state index in [0.717, 1.165) is 14.9 Å². The first-order valence-electron chi connectivity index (χ1n) is 11.1. The fraction of sp³-hybridized carbons (Fsp3) is 0.0345. The average Bonchev–Trinajstić information content (AvgIpc) is 2.88. The second-order valence-electron chi connectivity index (χ2n) is 7.80. The summed E-state index contributed by atoms with van der Waals surface area (Å²) in [5.41, 5.74) is 2.47. The first-order chi connectivity index (χ1) is 17.5. The van der Waals surface area contributed by atoms with Gasteiger partial charge in [0.15, 0.2) is 0 Å². The van der Waals surface area contributed by atoms with Crippen LogP contribution in [0.1, 0.15) is 21.5 Å². The molecular formula is C29H22BrFN2O2S. The van der Waals surface area contributed by atoms with Crippen molar-refractivity contribution in [1.29, 1.82) is 0 Å². The molecule has 2 amide bonds. The van der Waals surface area contributed by atoms with Crippen molar-refractivity contribution >= 4 is 51.3 Å². The number of nitrogens with one attached hydrogen (secondary N) is 2. The van der Waals surface area contributed by atoms with Gasteiger partial charge in [0.25, 0.3) is 11.8 Å². The third-order valence-electron chi connectivity index (χ3n) is 5.13. The quantitative estimate of drug-likeness (QED) is 0.176. The Kier molecular flexibility index (Phi) is 8.71. The van der Waals surface area contributed by atoms with Gasteiger partial charge < -0.3 is 10.6 Å². The van der Waals surface area contributed by atoms with Gasteiger partial charge in [-0.25, -0.2) is 4.39 Å². The number of rotatable bonds is 8. The maximum absolute atomic E-state index is 13.9. The Morgan fingerprint density at radius 1 is 0.861 bits per heavy atom. The van der Waals surface area contributed by atoms with E-state index in [0.29, 0.717) is 22.6 Å². The molecule has 0 spiro atoms. The summed E-state index contributed by atoms with van der Waals surface area (Å²) in [7, 11) is 0. The highest BCUT2D eigenvalue weighted by atomic mass is 79.9. The number of anilines is 1. The number of carbonyl (C=O) groups is 2. The number of carbonyl (C=O) groups excluding carboxylic acids is 2. The number of hydrogen-bond acceptors (Lipinski definition) is 3. The molecular weight excluding hydrogens is 539 g/mol. The molecule has 0 radical (unpaired) electrons. The van der Waals surface area contributed by atoms with Gasteiger partial charge in [-0.2, -0.15) is 0 Å². The molecule has 36 heavy (non-hydrogen) atoms. The lowest BCUT2D eigenvalue weighted by Gasteiger charge is -2.12. The van der Waals surface area contributed by atoms with Crippen molar-refractivity contribution in [2.75, 3.05) is 5.32 Å². The average molecular weight is 561 g/mol. The zero-order valence-corrected chi connectivity index (χ0v) is 21.5. The third-order valence-corrected chi connectivity index (χ3v) is 6.67. The Bertz CT molecular complexity index is 1410. The monoisotopic (exact) mass is 560 g/mol. The molecule has 0 aliphatic carbocycles. The van der Waals surface area contributed by atoms with Crippen molar-refractivity contribution < 1.29 is 14.0 Å². The fourth-order valence-corrected chi connectivity index (χ4v) is 4.70. The molecule has 4 rings (SSSR count). The topological polar surface area (TPSA) is 58.2 Å². The maximum Gasteiger partial charge on any atom is 0.272 e. The Morgan fingerprint density at radius 2 is 1.61 bits per heavy atom. The van der Waals surface area contributed by atoms with E-state index in [1.165, 1.54) is 17.8 Å². The van der Waals surface area contributed by atoms with Crippen molar-refractivity contribution in [2.45, 2.75) is 10.6 Å². The van der Waals surface area contributed by atoms with E-state index in [1.54, 1.807) is 54.6 Å². The van der Waals surface area contributed by atoms with E-state index in [-0.39, 0.29) is 17.4 Å². The summed E-state index contributed by atoms with van der Waals surface area (Å²) in [5.74, 6) is -0.631. The number of thioether (sulfide) groups is 1. The summed E-state index contributed by atoms with van der Waals surface area (Å²) >= 11 is 4.90. The molecule has 0 aromatic heterocycles. The van der Waals surface area contributed by atoms with Crippen molar-refractivity contribution in [1.82, 2.24) is 5.32 Å². The predicted octanol–water partition coefficient (Wildman–Crippen LogP) is 7.29. The molecule has 0 heterocycles. The molecule has 180 valence electrons. The molecule has 7 heteroatoms. The van der Waals surface area contributed by atoms with Crippen LogP contribution in [0.5, 0.6) is 0 Å². The highest BCUT2D eigenvalue weighted by Gasteiger charge is 2.15. The van der Waals surface area contributed by atoms with Gasteiger partial charge in [0.05, 0.1) is 0 Å². The van der Waals surface area contributed by atoms with E-state index in [1.807, 2.05) is 48.5 Å². The van der Waals surface area contributed by atoms with E-state index in [4.69, 9.17) is 0 Å². The van der Waals surface area contributed by atoms with Gasteiger partial charge in [-0.3, -0.25) is 9.59 Å². The molecule has 0 aliphatic heterocycles. The Labute approximate surface area is 221 Å². The smallest absolute Gasteiger partial charge is 0.272 e. The van der Waals surface area contributed by atoms with Crippen LogP contribution in [-0.4, -0.2) is 11.8 Å². The van der Waals surface area contributed by atoms with Crippen LogP contribution in [0.3, 0.4) is 0 Å². The van der Waals surface area contributed by atoms with Crippen LogP contribution >= 0.6 is 27.7 Å². The lowest BCUT2D eigenvalue weighted by atomic mass is 10.1. The van der Waals surface area contributed by atoms with Gasteiger partial charge in [0.2, 0.25) is 0 Å². The number of amides is 2. The Morgan fingerprint density at radius 3 is 2.39 bits per heavy atom. The first kappa shape index (κ1) is 25.4. The zero-order chi connectivity index (χ0) is 25.3. The third kappa shape index (κ3) is 7.16. The van der Waals surface area contributed by atoms with Crippen LogP contribution in [0.15, 0.2) is 118 Å². The number of benzene rings is 4. The Hall–Kier alpha value is -3.68. The van der Waals surface area contributed by atoms with Crippen molar-refractivity contribution in [3.63, 3.8) is 0 Å². The lowest BCUT2D eigenvalue weighted by Crippen LogP contribution is -2.30. The second kappa shape index (κ2) is 12.3. The van der Waals surface area contributed by atoms with Gasteiger partial charge in [-0.1, -0.05) is 70.5 Å². The molecule has 0 atom stereocenters. The SMILES string of the molecule is O=C(Nc1cccc(SCc2ccccc2F)c1)/C(=C\c1cccc(Br)c1)NC(=O)c1ccccc1. The molecule has 0 aliphatic rings. The minimum Gasteiger partial charge on any atom is -0.321 e. The Balaban J connectivity index is 1.52. The van der Waals surface area contributed by atoms with Crippen molar-refractivity contribution in [3.05, 3.63) is 136 Å². The van der Waals surface area contributed by atoms with E-state index in [9.17, 15) is 14.0 Å². The molecule has 2 N–H and O–H groups in total. The molecule has 4 aromatic carbocycles. The summed E-state index contributed by atoms with van der Waals surface area (Å²) < 4.78 is 14.8. The van der Waals surface area contributed by atoms with Crippen LogP contribution in [0, 0.1) is 5.82 Å². The summed E-state index contributed by atoms with van der Waals surface area (Å²) in [6.07, 6.45) is 1.62. The standard InChI is InChI=1S/C29H22BrFN2O2S/c30-23-12-6-8-20(16-23)17-27(33-28(34)21-9-2-1-3-10-21)29(35)32-24-13-7-14-25(18-24)36-19-22-11-4-5-15-26(22)31/h1-18H,19H2,(H,32,35)(H,33,34)/b27-17+. The first-order valence-corrected chi connectivity index (χ1v) is 12.9. The van der Waals surface area contributed by atoms with Gasteiger partial charge in [-0.05, 0) is 65.7 Å². The van der Waals surface area contributed by atoms with Gasteiger partial charge >= 0.3 is 0 Å². The number of hydrogen-bond donors (Lipinski definition) is 2. The molecule has 0 saturated heterocycles. The lowest BCUT2D eigenvalue weighted by molar-refractivity contribution is -0.113. The summed E-state index contributed by atoms with van der Waals surface area (Å²) in [5, 5.41) is 5.60. The van der Waals surface area contributed by atoms with E-state index in [2.05, 4.69) is 26.6 Å². The summed E-state index contributed by atoms with van der Waals surface area (Å²) in [4.78, 5) is 26.9. The molecule has 0 bridgehead atoms. The minimum absolute atomic E-state index is 0.103. The highest BCUT2D eigenvalue weighted by molar-refractivity contribution is 9.10. The van der Waals surface area contributed by atoms with Crippen LogP contribution < -0.4 is 10.6 Å². The van der Waals surface area contributed by atoms with Crippen LogP contribution in [-0.2, 0) is 10.5 Å². The van der Waals surface area contributed by atoms with Gasteiger partial charge in [0, 0.05) is 26.4 Å². The molecule has 0 saturated carbocycles. The molecule has 4 aromatic rings. The van der Waals surface area contributed by atoms with Gasteiger partial charge in [0.1, 0.15) is 11.5 Å². The van der Waals surface area contributed by atoms with Crippen LogP contribution in [0.4, 0.5) is 10.1 Å². The normalized spacial score (nSPS) is 11.1. The van der Waals surface area contributed by atoms with Gasteiger partial charge in [-0.15, -0.1) is 11.8 Å². The van der Waals surface area contributed by atoms with Crippen LogP contribution in [0.2, 0.25) is 0 Å².